The Balaban J connectivity index is 2.96. The van der Waals surface area contributed by atoms with E-state index in [0.29, 0.717) is 23.6 Å². The van der Waals surface area contributed by atoms with E-state index in [-0.39, 0.29) is 5.91 Å². The van der Waals surface area contributed by atoms with Gasteiger partial charge in [0.2, 0.25) is 5.91 Å². The van der Waals surface area contributed by atoms with E-state index in [1.165, 1.54) is 0 Å². The van der Waals surface area contributed by atoms with Crippen molar-refractivity contribution in [3.63, 3.8) is 0 Å². The molecule has 17 heavy (non-hydrogen) atoms. The summed E-state index contributed by atoms with van der Waals surface area (Å²) in [6, 6.07) is 5.50. The fraction of sp³-hybridized carbons (Fsp3) is 0.462. The van der Waals surface area contributed by atoms with Gasteiger partial charge in [0.1, 0.15) is 0 Å². The van der Waals surface area contributed by atoms with Crippen molar-refractivity contribution in [3.8, 4) is 0 Å². The number of hydrogen-bond donors (Lipinski definition) is 2. The molecule has 0 bridgehead atoms. The summed E-state index contributed by atoms with van der Waals surface area (Å²) in [5.74, 6) is -0.182. The third kappa shape index (κ3) is 2.99. The molecule has 94 valence electrons. The van der Waals surface area contributed by atoms with Gasteiger partial charge in [0.05, 0.1) is 16.2 Å². The highest BCUT2D eigenvalue weighted by molar-refractivity contribution is 6.34. The lowest BCUT2D eigenvalue weighted by molar-refractivity contribution is -0.121. The fourth-order valence-corrected chi connectivity index (χ4v) is 1.87. The second-order valence-electron chi connectivity index (χ2n) is 4.25. The summed E-state index contributed by atoms with van der Waals surface area (Å²) < 4.78 is 0. The molecule has 0 unspecified atom stereocenters. The van der Waals surface area contributed by atoms with Gasteiger partial charge in [-0.15, -0.1) is 0 Å². The van der Waals surface area contributed by atoms with Crippen LogP contribution in [0.2, 0.25) is 5.02 Å². The number of para-hydroxylation sites is 1. The van der Waals surface area contributed by atoms with Gasteiger partial charge < -0.3 is 11.1 Å². The molecule has 0 saturated heterocycles. The molecule has 0 radical (unpaired) electrons. The number of hydrogen-bond acceptors (Lipinski definition) is 2. The Kier molecular flexibility index (Phi) is 4.54. The molecule has 0 aliphatic carbocycles. The Bertz CT molecular complexity index is 394. The number of benzene rings is 1. The molecule has 1 rings (SSSR count). The number of halogens is 1. The SMILES string of the molecule is CCC(N)(CC)C(=O)Nc1c(C)cccc1Cl. The van der Waals surface area contributed by atoms with Crippen LogP contribution in [0.25, 0.3) is 0 Å². The van der Waals surface area contributed by atoms with Gasteiger partial charge in [-0.25, -0.2) is 0 Å². The highest BCUT2D eigenvalue weighted by Gasteiger charge is 2.30. The molecule has 3 N–H and O–H groups in total. The van der Waals surface area contributed by atoms with Crippen LogP contribution in [-0.2, 0) is 4.79 Å². The van der Waals surface area contributed by atoms with E-state index in [2.05, 4.69) is 5.32 Å². The molecular formula is C13H19ClN2O. The summed E-state index contributed by atoms with van der Waals surface area (Å²) in [5, 5.41) is 3.36. The Labute approximate surface area is 107 Å². The van der Waals surface area contributed by atoms with Crippen LogP contribution in [-0.4, -0.2) is 11.4 Å². The first kappa shape index (κ1) is 14.0. The van der Waals surface area contributed by atoms with Crippen molar-refractivity contribution >= 4 is 23.2 Å². The Morgan fingerprint density at radius 1 is 1.41 bits per heavy atom. The second kappa shape index (κ2) is 5.52. The molecule has 1 aromatic carbocycles. The van der Waals surface area contributed by atoms with E-state index in [9.17, 15) is 4.79 Å². The third-order valence-corrected chi connectivity index (χ3v) is 3.49. The molecule has 0 spiro atoms. The highest BCUT2D eigenvalue weighted by atomic mass is 35.5. The molecule has 0 atom stereocenters. The van der Waals surface area contributed by atoms with Crippen molar-refractivity contribution in [2.24, 2.45) is 5.73 Å². The molecule has 0 aromatic heterocycles. The molecule has 4 heteroatoms. The zero-order valence-electron chi connectivity index (χ0n) is 10.5. The topological polar surface area (TPSA) is 55.1 Å². The minimum absolute atomic E-state index is 0.182. The molecule has 0 aliphatic rings. The van der Waals surface area contributed by atoms with Crippen molar-refractivity contribution in [1.29, 1.82) is 0 Å². The molecule has 0 aliphatic heterocycles. The van der Waals surface area contributed by atoms with Gasteiger partial charge in [0.25, 0.3) is 0 Å². The number of carbonyl (C=O) groups excluding carboxylic acids is 1. The lowest BCUT2D eigenvalue weighted by atomic mass is 9.93. The Hall–Kier alpha value is -1.06. The first-order chi connectivity index (χ1) is 7.94. The second-order valence-corrected chi connectivity index (χ2v) is 4.66. The van der Waals surface area contributed by atoms with E-state index in [1.54, 1.807) is 6.07 Å². The average Bonchev–Trinajstić information content (AvgIpc) is 2.32. The van der Waals surface area contributed by atoms with Crippen molar-refractivity contribution in [1.82, 2.24) is 0 Å². The maximum Gasteiger partial charge on any atom is 0.244 e. The fourth-order valence-electron chi connectivity index (χ4n) is 1.60. The van der Waals surface area contributed by atoms with Gasteiger partial charge in [-0.05, 0) is 31.4 Å². The van der Waals surface area contributed by atoms with Gasteiger partial charge in [-0.2, -0.15) is 0 Å². The van der Waals surface area contributed by atoms with Crippen molar-refractivity contribution in [2.45, 2.75) is 39.2 Å². The van der Waals surface area contributed by atoms with Crippen LogP contribution in [0, 0.1) is 6.92 Å². The van der Waals surface area contributed by atoms with E-state index in [4.69, 9.17) is 17.3 Å². The van der Waals surface area contributed by atoms with E-state index < -0.39 is 5.54 Å². The van der Waals surface area contributed by atoms with Gasteiger partial charge in [-0.3, -0.25) is 4.79 Å². The predicted octanol–water partition coefficient (Wildman–Crippen LogP) is 3.10. The largest absolute Gasteiger partial charge is 0.323 e. The van der Waals surface area contributed by atoms with Crippen molar-refractivity contribution in [2.75, 3.05) is 5.32 Å². The van der Waals surface area contributed by atoms with Crippen LogP contribution in [0.5, 0.6) is 0 Å². The number of amides is 1. The number of anilines is 1. The Morgan fingerprint density at radius 2 is 2.00 bits per heavy atom. The molecular weight excluding hydrogens is 236 g/mol. The molecule has 0 fully saturated rings. The maximum atomic E-state index is 12.1. The first-order valence-corrected chi connectivity index (χ1v) is 6.18. The Morgan fingerprint density at radius 3 is 2.47 bits per heavy atom. The van der Waals surface area contributed by atoms with Gasteiger partial charge in [0, 0.05) is 0 Å². The van der Waals surface area contributed by atoms with Gasteiger partial charge in [-0.1, -0.05) is 37.6 Å². The van der Waals surface area contributed by atoms with Gasteiger partial charge >= 0.3 is 0 Å². The van der Waals surface area contributed by atoms with E-state index in [0.717, 1.165) is 5.56 Å². The molecule has 1 amide bonds. The summed E-state index contributed by atoms with van der Waals surface area (Å²) in [5.41, 5.74) is 6.79. The summed E-state index contributed by atoms with van der Waals surface area (Å²) in [4.78, 5) is 12.1. The third-order valence-electron chi connectivity index (χ3n) is 3.17. The number of rotatable bonds is 4. The lowest BCUT2D eigenvalue weighted by Gasteiger charge is -2.25. The van der Waals surface area contributed by atoms with E-state index in [1.807, 2.05) is 32.9 Å². The van der Waals surface area contributed by atoms with Crippen LogP contribution in [0.3, 0.4) is 0 Å². The van der Waals surface area contributed by atoms with Crippen LogP contribution < -0.4 is 11.1 Å². The standard InChI is InChI=1S/C13H19ClN2O/c1-4-13(15,5-2)12(17)16-11-9(3)7-6-8-10(11)14/h6-8H,4-5,15H2,1-3H3,(H,16,17). The number of nitrogens with two attached hydrogens (primary N) is 1. The number of aryl methyl sites for hydroxylation is 1. The van der Waals surface area contributed by atoms with Crippen molar-refractivity contribution < 1.29 is 4.79 Å². The summed E-state index contributed by atoms with van der Waals surface area (Å²) in [6.07, 6.45) is 1.19. The van der Waals surface area contributed by atoms with Crippen LogP contribution in [0.1, 0.15) is 32.3 Å². The minimum atomic E-state index is -0.828. The predicted molar refractivity (Wildman–Crippen MR) is 72.3 cm³/mol. The molecule has 3 nitrogen and oxygen atoms in total. The average molecular weight is 255 g/mol. The molecule has 1 aromatic rings. The number of carbonyl (C=O) groups is 1. The smallest absolute Gasteiger partial charge is 0.244 e. The summed E-state index contributed by atoms with van der Waals surface area (Å²) >= 11 is 6.05. The van der Waals surface area contributed by atoms with Crippen molar-refractivity contribution in [3.05, 3.63) is 28.8 Å². The number of nitrogens with one attached hydrogen (secondary N) is 1. The first-order valence-electron chi connectivity index (χ1n) is 5.80. The highest BCUT2D eigenvalue weighted by Crippen LogP contribution is 2.26. The maximum absolute atomic E-state index is 12.1. The van der Waals surface area contributed by atoms with Gasteiger partial charge in [0.15, 0.2) is 0 Å². The minimum Gasteiger partial charge on any atom is -0.323 e. The zero-order chi connectivity index (χ0) is 13.1. The molecule has 0 saturated carbocycles. The van der Waals surface area contributed by atoms with Crippen LogP contribution in [0.4, 0.5) is 5.69 Å². The lowest BCUT2D eigenvalue weighted by Crippen LogP contribution is -2.50. The molecule has 0 heterocycles. The van der Waals surface area contributed by atoms with Crippen LogP contribution >= 0.6 is 11.6 Å². The zero-order valence-corrected chi connectivity index (χ0v) is 11.3. The normalized spacial score (nSPS) is 11.4. The monoisotopic (exact) mass is 254 g/mol. The summed E-state index contributed by atoms with van der Waals surface area (Å²) in [7, 11) is 0. The quantitative estimate of drug-likeness (QED) is 0.868. The summed E-state index contributed by atoms with van der Waals surface area (Å²) in [6.45, 7) is 5.71. The van der Waals surface area contributed by atoms with Crippen LogP contribution in [0.15, 0.2) is 18.2 Å². The van der Waals surface area contributed by atoms with E-state index >= 15 is 0 Å².